The van der Waals surface area contributed by atoms with E-state index in [4.69, 9.17) is 4.74 Å². The summed E-state index contributed by atoms with van der Waals surface area (Å²) in [5.74, 6) is -2.97. The van der Waals surface area contributed by atoms with Crippen LogP contribution in [-0.4, -0.2) is 34.9 Å². The number of carbonyl (C=O) groups is 3. The molecule has 0 radical (unpaired) electrons. The fourth-order valence-electron chi connectivity index (χ4n) is 2.57. The van der Waals surface area contributed by atoms with E-state index in [1.807, 2.05) is 0 Å². The van der Waals surface area contributed by atoms with Gasteiger partial charge in [-0.3, -0.25) is 19.7 Å². The highest BCUT2D eigenvalue weighted by Crippen LogP contribution is 2.17. The first-order valence-corrected chi connectivity index (χ1v) is 9.40. The van der Waals surface area contributed by atoms with Crippen LogP contribution >= 0.6 is 0 Å². The van der Waals surface area contributed by atoms with Gasteiger partial charge in [-0.25, -0.2) is 9.18 Å². The summed E-state index contributed by atoms with van der Waals surface area (Å²) in [5.41, 5.74) is 0.134. The number of nitrogens with one attached hydrogen (secondary N) is 2. The number of non-ortho nitro benzene ring substituents is 1. The predicted molar refractivity (Wildman–Crippen MR) is 110 cm³/mol. The summed E-state index contributed by atoms with van der Waals surface area (Å²) in [7, 11) is 0. The zero-order valence-corrected chi connectivity index (χ0v) is 17.1. The van der Waals surface area contributed by atoms with Gasteiger partial charge in [-0.1, -0.05) is 19.9 Å². The zero-order valence-electron chi connectivity index (χ0n) is 17.1. The van der Waals surface area contributed by atoms with E-state index in [-0.39, 0.29) is 22.9 Å². The first-order chi connectivity index (χ1) is 14.6. The molecule has 9 nitrogen and oxygen atoms in total. The van der Waals surface area contributed by atoms with Crippen LogP contribution < -0.4 is 10.6 Å². The normalized spacial score (nSPS) is 12.5. The van der Waals surface area contributed by atoms with Crippen LogP contribution in [0.3, 0.4) is 0 Å². The number of benzene rings is 2. The third-order valence-corrected chi connectivity index (χ3v) is 4.30. The molecule has 0 spiro atoms. The van der Waals surface area contributed by atoms with Gasteiger partial charge in [0.1, 0.15) is 11.9 Å². The molecule has 0 fully saturated rings. The van der Waals surface area contributed by atoms with Crippen LogP contribution in [0, 0.1) is 21.8 Å². The lowest BCUT2D eigenvalue weighted by atomic mass is 10.0. The number of esters is 1. The molecule has 2 aromatic carbocycles. The largest absolute Gasteiger partial charge is 0.451 e. The summed E-state index contributed by atoms with van der Waals surface area (Å²) in [4.78, 5) is 47.4. The standard InChI is InChI=1S/C21H22FN3O6/c1-12(2)18(24-20(27)14-7-9-15(22)10-8-14)21(28)31-13(3)19(26)23-16-5-4-6-17(11-16)25(29)30/h4-13,18H,1-3H3,(H,23,26)(H,24,27). The molecule has 2 rings (SSSR count). The van der Waals surface area contributed by atoms with Crippen LogP contribution in [0.1, 0.15) is 31.1 Å². The molecule has 0 saturated heterocycles. The fourth-order valence-corrected chi connectivity index (χ4v) is 2.57. The van der Waals surface area contributed by atoms with Crippen LogP contribution in [0.25, 0.3) is 0 Å². The smallest absolute Gasteiger partial charge is 0.329 e. The van der Waals surface area contributed by atoms with Gasteiger partial charge in [0.25, 0.3) is 17.5 Å². The van der Waals surface area contributed by atoms with E-state index in [0.29, 0.717) is 0 Å². The molecule has 0 heterocycles. The topological polar surface area (TPSA) is 128 Å². The number of nitrogens with zero attached hydrogens (tertiary/aromatic N) is 1. The summed E-state index contributed by atoms with van der Waals surface area (Å²) < 4.78 is 18.2. The number of hydrogen-bond donors (Lipinski definition) is 2. The minimum Gasteiger partial charge on any atom is -0.451 e. The summed E-state index contributed by atoms with van der Waals surface area (Å²) in [6, 6.07) is 9.07. The molecule has 164 valence electrons. The van der Waals surface area contributed by atoms with Crippen LogP contribution in [0.2, 0.25) is 0 Å². The van der Waals surface area contributed by atoms with Crippen molar-refractivity contribution in [2.24, 2.45) is 5.92 Å². The Labute approximate surface area is 177 Å². The minimum atomic E-state index is -1.23. The van der Waals surface area contributed by atoms with E-state index in [1.54, 1.807) is 13.8 Å². The zero-order chi connectivity index (χ0) is 23.1. The lowest BCUT2D eigenvalue weighted by Gasteiger charge is -2.23. The molecular weight excluding hydrogens is 409 g/mol. The molecule has 2 unspecified atom stereocenters. The van der Waals surface area contributed by atoms with Gasteiger partial charge in [0.05, 0.1) is 4.92 Å². The van der Waals surface area contributed by atoms with Gasteiger partial charge < -0.3 is 15.4 Å². The van der Waals surface area contributed by atoms with Gasteiger partial charge in [0.2, 0.25) is 0 Å². The summed E-state index contributed by atoms with van der Waals surface area (Å²) in [6.07, 6.45) is -1.23. The molecule has 0 aromatic heterocycles. The molecule has 2 atom stereocenters. The maximum absolute atomic E-state index is 13.0. The van der Waals surface area contributed by atoms with Gasteiger partial charge in [0, 0.05) is 23.4 Å². The first kappa shape index (κ1) is 23.5. The van der Waals surface area contributed by atoms with Gasteiger partial charge in [0.15, 0.2) is 6.10 Å². The van der Waals surface area contributed by atoms with Crippen molar-refractivity contribution >= 4 is 29.2 Å². The maximum atomic E-state index is 13.0. The number of halogens is 1. The second-order valence-corrected chi connectivity index (χ2v) is 7.08. The molecule has 0 bridgehead atoms. The van der Waals surface area contributed by atoms with Crippen molar-refractivity contribution in [1.29, 1.82) is 0 Å². The van der Waals surface area contributed by atoms with Gasteiger partial charge in [-0.15, -0.1) is 0 Å². The number of nitro benzene ring substituents is 1. The Morgan fingerprint density at radius 1 is 1.06 bits per heavy atom. The number of carbonyl (C=O) groups excluding carboxylic acids is 3. The Balaban J connectivity index is 2.01. The molecular formula is C21H22FN3O6. The van der Waals surface area contributed by atoms with Crippen molar-refractivity contribution in [3.05, 3.63) is 70.0 Å². The Kier molecular flexibility index (Phi) is 7.78. The van der Waals surface area contributed by atoms with E-state index >= 15 is 0 Å². The Morgan fingerprint density at radius 3 is 2.29 bits per heavy atom. The highest BCUT2D eigenvalue weighted by molar-refractivity contribution is 5.98. The van der Waals surface area contributed by atoms with Crippen molar-refractivity contribution < 1.29 is 28.4 Å². The number of hydrogen-bond acceptors (Lipinski definition) is 6. The van der Waals surface area contributed by atoms with Crippen molar-refractivity contribution in [2.45, 2.75) is 32.9 Å². The van der Waals surface area contributed by atoms with Crippen LogP contribution in [0.5, 0.6) is 0 Å². The second kappa shape index (κ2) is 10.3. The monoisotopic (exact) mass is 431 g/mol. The van der Waals surface area contributed by atoms with Crippen molar-refractivity contribution in [1.82, 2.24) is 5.32 Å². The van der Waals surface area contributed by atoms with E-state index in [1.165, 1.54) is 43.3 Å². The van der Waals surface area contributed by atoms with E-state index in [9.17, 15) is 28.9 Å². The van der Waals surface area contributed by atoms with Gasteiger partial charge >= 0.3 is 5.97 Å². The van der Waals surface area contributed by atoms with E-state index < -0.39 is 40.7 Å². The predicted octanol–water partition coefficient (Wildman–Crippen LogP) is 3.06. The van der Waals surface area contributed by atoms with Gasteiger partial charge in [-0.05, 0) is 43.2 Å². The average molecular weight is 431 g/mol. The third kappa shape index (κ3) is 6.59. The molecule has 2 N–H and O–H groups in total. The van der Waals surface area contributed by atoms with Crippen LogP contribution in [0.15, 0.2) is 48.5 Å². The lowest BCUT2D eigenvalue weighted by Crippen LogP contribution is -2.47. The summed E-state index contributed by atoms with van der Waals surface area (Å²) in [5, 5.41) is 15.8. The van der Waals surface area contributed by atoms with E-state index in [2.05, 4.69) is 10.6 Å². The molecule has 2 amide bonds. The number of rotatable bonds is 8. The molecule has 0 saturated carbocycles. The fraction of sp³-hybridized carbons (Fsp3) is 0.286. The molecule has 0 aliphatic rings. The Hall–Kier alpha value is -3.82. The van der Waals surface area contributed by atoms with Crippen molar-refractivity contribution in [2.75, 3.05) is 5.32 Å². The summed E-state index contributed by atoms with van der Waals surface area (Å²) in [6.45, 7) is 4.71. The molecule has 0 aliphatic carbocycles. The van der Waals surface area contributed by atoms with Crippen LogP contribution in [0.4, 0.5) is 15.8 Å². The van der Waals surface area contributed by atoms with Crippen molar-refractivity contribution in [3.8, 4) is 0 Å². The highest BCUT2D eigenvalue weighted by atomic mass is 19.1. The lowest BCUT2D eigenvalue weighted by molar-refractivity contribution is -0.384. The first-order valence-electron chi connectivity index (χ1n) is 9.40. The van der Waals surface area contributed by atoms with E-state index in [0.717, 1.165) is 12.1 Å². The minimum absolute atomic E-state index is 0.163. The number of amides is 2. The number of anilines is 1. The second-order valence-electron chi connectivity index (χ2n) is 7.08. The molecule has 10 heteroatoms. The third-order valence-electron chi connectivity index (χ3n) is 4.30. The molecule has 31 heavy (non-hydrogen) atoms. The van der Waals surface area contributed by atoms with Gasteiger partial charge in [-0.2, -0.15) is 0 Å². The molecule has 0 aliphatic heterocycles. The molecule has 2 aromatic rings. The van der Waals surface area contributed by atoms with Crippen LogP contribution in [-0.2, 0) is 14.3 Å². The highest BCUT2D eigenvalue weighted by Gasteiger charge is 2.29. The number of nitro groups is 1. The van der Waals surface area contributed by atoms with Crippen molar-refractivity contribution in [3.63, 3.8) is 0 Å². The SMILES string of the molecule is CC(OC(=O)C(NC(=O)c1ccc(F)cc1)C(C)C)C(=O)Nc1cccc([N+](=O)[O-])c1. The Bertz CT molecular complexity index is 977. The average Bonchev–Trinajstić information content (AvgIpc) is 2.72. The summed E-state index contributed by atoms with van der Waals surface area (Å²) >= 11 is 0. The Morgan fingerprint density at radius 2 is 1.71 bits per heavy atom. The maximum Gasteiger partial charge on any atom is 0.329 e. The quantitative estimate of drug-likeness (QED) is 0.376. The number of ether oxygens (including phenoxy) is 1.